The highest BCUT2D eigenvalue weighted by Crippen LogP contribution is 2.35. The third kappa shape index (κ3) is 5.40. The van der Waals surface area contributed by atoms with Crippen molar-refractivity contribution in [2.75, 3.05) is 35.2 Å². The first kappa shape index (κ1) is 25.4. The van der Waals surface area contributed by atoms with E-state index in [4.69, 9.17) is 9.72 Å². The Kier molecular flexibility index (Phi) is 6.57. The minimum Gasteiger partial charge on any atom is -0.460 e. The lowest BCUT2D eigenvalue weighted by Gasteiger charge is -2.26. The third-order valence-electron chi connectivity index (χ3n) is 6.79. The molecule has 1 aromatic carbocycles. The van der Waals surface area contributed by atoms with Crippen molar-refractivity contribution in [2.45, 2.75) is 50.3 Å². The molecule has 10 heteroatoms. The van der Waals surface area contributed by atoms with Gasteiger partial charge in [-0.3, -0.25) is 9.78 Å². The van der Waals surface area contributed by atoms with E-state index in [1.807, 2.05) is 49.9 Å². The van der Waals surface area contributed by atoms with Crippen molar-refractivity contribution in [3.8, 4) is 0 Å². The van der Waals surface area contributed by atoms with Gasteiger partial charge in [0, 0.05) is 55.9 Å². The molecular formula is C27H32N4O5S. The summed E-state index contributed by atoms with van der Waals surface area (Å²) in [5.41, 5.74) is 1.74. The summed E-state index contributed by atoms with van der Waals surface area (Å²) in [4.78, 5) is 26.0. The fraction of sp³-hybridized carbons (Fsp3) is 0.444. The Labute approximate surface area is 217 Å². The molecule has 1 N–H and O–H groups in total. The van der Waals surface area contributed by atoms with E-state index >= 15 is 0 Å². The van der Waals surface area contributed by atoms with E-state index in [9.17, 15) is 18.3 Å². The third-order valence-corrected chi connectivity index (χ3v) is 8.58. The van der Waals surface area contributed by atoms with E-state index in [0.717, 1.165) is 22.2 Å². The minimum absolute atomic E-state index is 0.00417. The first-order chi connectivity index (χ1) is 17.5. The Hall–Kier alpha value is -3.24. The maximum atomic E-state index is 12.9. The molecule has 4 heterocycles. The van der Waals surface area contributed by atoms with Crippen LogP contribution in [-0.2, 0) is 25.9 Å². The predicted octanol–water partition coefficient (Wildman–Crippen LogP) is 2.95. The molecule has 2 aliphatic heterocycles. The molecule has 2 aliphatic rings. The van der Waals surface area contributed by atoms with Crippen LogP contribution in [0.4, 0.5) is 11.5 Å². The molecular weight excluding hydrogens is 492 g/mol. The van der Waals surface area contributed by atoms with Crippen LogP contribution in [0.1, 0.15) is 32.8 Å². The normalized spacial score (nSPS) is 21.5. The van der Waals surface area contributed by atoms with E-state index in [1.165, 1.54) is 0 Å². The number of aliphatic hydroxyl groups excluding tert-OH is 1. The van der Waals surface area contributed by atoms with E-state index in [0.29, 0.717) is 36.9 Å². The molecule has 0 spiro atoms. The number of esters is 1. The molecule has 0 saturated carbocycles. The molecule has 2 aromatic heterocycles. The molecule has 1 fully saturated rings. The second kappa shape index (κ2) is 9.57. The molecule has 2 unspecified atom stereocenters. The van der Waals surface area contributed by atoms with Gasteiger partial charge in [0.25, 0.3) is 0 Å². The number of rotatable bonds is 4. The number of carbonyl (C=O) groups excluding carboxylic acids is 1. The Balaban J connectivity index is 1.46. The molecule has 5 rings (SSSR count). The second-order valence-electron chi connectivity index (χ2n) is 10.8. The van der Waals surface area contributed by atoms with Gasteiger partial charge in [-0.1, -0.05) is 18.2 Å². The molecule has 37 heavy (non-hydrogen) atoms. The maximum Gasteiger partial charge on any atom is 0.306 e. The number of carbonyl (C=O) groups is 1. The molecule has 1 saturated heterocycles. The number of sulfone groups is 1. The number of β-amino-alcohol motifs (C(OH)–C–C–N with tert-alkyl or cyclic N) is 1. The SMILES string of the molecule is CC(C)(C)OC(=O)CC1CN(c2cc(N3CCS(=O)(=O)c4ccccc4C3)nc3ccncc23)CC1O. The van der Waals surface area contributed by atoms with Gasteiger partial charge >= 0.3 is 5.97 Å². The first-order valence-electron chi connectivity index (χ1n) is 12.5. The number of pyridine rings is 2. The van der Waals surface area contributed by atoms with Crippen molar-refractivity contribution >= 4 is 38.2 Å². The zero-order valence-electron chi connectivity index (χ0n) is 21.3. The van der Waals surface area contributed by atoms with Crippen LogP contribution in [0.5, 0.6) is 0 Å². The average molecular weight is 525 g/mol. The molecule has 196 valence electrons. The number of aliphatic hydroxyl groups is 1. The molecule has 3 aromatic rings. The maximum absolute atomic E-state index is 12.9. The number of nitrogens with zero attached hydrogens (tertiary/aromatic N) is 4. The van der Waals surface area contributed by atoms with Crippen molar-refractivity contribution < 1.29 is 23.1 Å². The summed E-state index contributed by atoms with van der Waals surface area (Å²) in [7, 11) is -3.39. The molecule has 0 aliphatic carbocycles. The van der Waals surface area contributed by atoms with Gasteiger partial charge in [-0.15, -0.1) is 0 Å². The van der Waals surface area contributed by atoms with Crippen molar-refractivity contribution in [3.63, 3.8) is 0 Å². The number of aromatic nitrogens is 2. The summed E-state index contributed by atoms with van der Waals surface area (Å²) in [6, 6.07) is 10.9. The number of hydrogen-bond acceptors (Lipinski definition) is 9. The Bertz CT molecular complexity index is 1440. The Morgan fingerprint density at radius 2 is 1.95 bits per heavy atom. The second-order valence-corrected chi connectivity index (χ2v) is 12.8. The zero-order chi connectivity index (χ0) is 26.4. The van der Waals surface area contributed by atoms with Crippen molar-refractivity contribution in [1.29, 1.82) is 0 Å². The standard InChI is InChI=1S/C27H32N4O5S/c1-27(2,3)36-26(33)12-19-16-31(17-23(19)32)22-13-25(29-21-8-9-28-14-20(21)22)30-10-11-37(34,35)24-7-5-4-6-18(24)15-30/h4-9,13-14,19,23,32H,10-12,15-17H2,1-3H3. The van der Waals surface area contributed by atoms with Crippen LogP contribution in [0, 0.1) is 5.92 Å². The van der Waals surface area contributed by atoms with Gasteiger partial charge in [-0.2, -0.15) is 0 Å². The number of hydrogen-bond donors (Lipinski definition) is 1. The quantitative estimate of drug-likeness (QED) is 0.515. The zero-order valence-corrected chi connectivity index (χ0v) is 22.1. The van der Waals surface area contributed by atoms with Crippen molar-refractivity contribution in [2.24, 2.45) is 5.92 Å². The van der Waals surface area contributed by atoms with Gasteiger partial charge < -0.3 is 19.6 Å². The van der Waals surface area contributed by atoms with Gasteiger partial charge in [-0.05, 0) is 38.5 Å². The van der Waals surface area contributed by atoms with Gasteiger partial charge in [0.1, 0.15) is 11.4 Å². The van der Waals surface area contributed by atoms with Gasteiger partial charge in [0.2, 0.25) is 0 Å². The summed E-state index contributed by atoms with van der Waals surface area (Å²) >= 11 is 0. The van der Waals surface area contributed by atoms with Crippen molar-refractivity contribution in [1.82, 2.24) is 9.97 Å². The van der Waals surface area contributed by atoms with Gasteiger partial charge in [-0.25, -0.2) is 13.4 Å². The number of fused-ring (bicyclic) bond motifs is 2. The van der Waals surface area contributed by atoms with Crippen LogP contribution in [0.25, 0.3) is 10.9 Å². The minimum atomic E-state index is -3.39. The van der Waals surface area contributed by atoms with Gasteiger partial charge in [0.15, 0.2) is 9.84 Å². The van der Waals surface area contributed by atoms with Gasteiger partial charge in [0.05, 0.1) is 34.4 Å². The Morgan fingerprint density at radius 1 is 1.16 bits per heavy atom. The highest BCUT2D eigenvalue weighted by Gasteiger charge is 2.35. The molecule has 0 amide bonds. The number of benzene rings is 1. The van der Waals surface area contributed by atoms with Crippen LogP contribution >= 0.6 is 0 Å². The lowest BCUT2D eigenvalue weighted by Crippen LogP contribution is -2.28. The Morgan fingerprint density at radius 3 is 2.73 bits per heavy atom. The monoisotopic (exact) mass is 524 g/mol. The highest BCUT2D eigenvalue weighted by molar-refractivity contribution is 7.91. The summed E-state index contributed by atoms with van der Waals surface area (Å²) < 4.78 is 31.2. The van der Waals surface area contributed by atoms with E-state index in [1.54, 1.807) is 24.5 Å². The lowest BCUT2D eigenvalue weighted by atomic mass is 10.0. The summed E-state index contributed by atoms with van der Waals surface area (Å²) in [5.74, 6) is 0.0550. The number of ether oxygens (including phenoxy) is 1. The van der Waals surface area contributed by atoms with E-state index in [-0.39, 0.29) is 24.1 Å². The topological polar surface area (TPSA) is 113 Å². The summed E-state index contributed by atoms with van der Waals surface area (Å²) in [6.45, 7) is 7.04. The largest absolute Gasteiger partial charge is 0.460 e. The fourth-order valence-corrected chi connectivity index (χ4v) is 6.57. The van der Waals surface area contributed by atoms with Crippen LogP contribution in [0.3, 0.4) is 0 Å². The molecule has 2 atom stereocenters. The van der Waals surface area contributed by atoms with Crippen LogP contribution in [0.2, 0.25) is 0 Å². The fourth-order valence-electron chi connectivity index (χ4n) is 5.07. The van der Waals surface area contributed by atoms with E-state index in [2.05, 4.69) is 9.88 Å². The predicted molar refractivity (Wildman–Crippen MR) is 141 cm³/mol. The summed E-state index contributed by atoms with van der Waals surface area (Å²) in [5, 5.41) is 11.6. The number of anilines is 2. The first-order valence-corrected chi connectivity index (χ1v) is 14.1. The summed E-state index contributed by atoms with van der Waals surface area (Å²) in [6.07, 6.45) is 2.86. The van der Waals surface area contributed by atoms with Crippen molar-refractivity contribution in [3.05, 3.63) is 54.4 Å². The molecule has 0 radical (unpaired) electrons. The average Bonchev–Trinajstić information content (AvgIpc) is 3.12. The van der Waals surface area contributed by atoms with Crippen LogP contribution in [0.15, 0.2) is 53.7 Å². The van der Waals surface area contributed by atoms with Crippen LogP contribution < -0.4 is 9.80 Å². The van der Waals surface area contributed by atoms with Crippen LogP contribution in [-0.4, -0.2) is 66.6 Å². The smallest absolute Gasteiger partial charge is 0.306 e. The molecule has 0 bridgehead atoms. The highest BCUT2D eigenvalue weighted by atomic mass is 32.2. The molecule has 9 nitrogen and oxygen atoms in total. The lowest BCUT2D eigenvalue weighted by molar-refractivity contribution is -0.156. The van der Waals surface area contributed by atoms with E-state index < -0.39 is 21.5 Å².